The van der Waals surface area contributed by atoms with E-state index >= 15 is 0 Å². The van der Waals surface area contributed by atoms with Crippen molar-refractivity contribution in [3.8, 4) is 5.75 Å². The molecule has 22 heavy (non-hydrogen) atoms. The summed E-state index contributed by atoms with van der Waals surface area (Å²) in [5.74, 6) is -2.10. The number of thiazole rings is 1. The first kappa shape index (κ1) is 16.4. The van der Waals surface area contributed by atoms with Crippen molar-refractivity contribution in [2.24, 2.45) is 0 Å². The number of aryl methyl sites for hydroxylation is 1. The van der Waals surface area contributed by atoms with Crippen LogP contribution in [0.15, 0.2) is 24.4 Å². The molecular formula is C15H16F2N2O2S. The molecule has 1 amide bonds. The monoisotopic (exact) mass is 326 g/mol. The first-order valence-electron chi connectivity index (χ1n) is 6.65. The van der Waals surface area contributed by atoms with E-state index < -0.39 is 17.7 Å². The molecule has 0 saturated heterocycles. The average molecular weight is 326 g/mol. The summed E-state index contributed by atoms with van der Waals surface area (Å²) < 4.78 is 31.3. The maximum Gasteiger partial charge on any atom is 0.263 e. The van der Waals surface area contributed by atoms with E-state index in [0.29, 0.717) is 6.54 Å². The highest BCUT2D eigenvalue weighted by molar-refractivity contribution is 7.11. The van der Waals surface area contributed by atoms with Gasteiger partial charge >= 0.3 is 0 Å². The lowest BCUT2D eigenvalue weighted by atomic mass is 10.3. The van der Waals surface area contributed by atoms with E-state index in [9.17, 15) is 13.6 Å². The van der Waals surface area contributed by atoms with Gasteiger partial charge in [-0.15, -0.1) is 11.3 Å². The van der Waals surface area contributed by atoms with Crippen molar-refractivity contribution >= 4 is 17.2 Å². The first-order valence-corrected chi connectivity index (χ1v) is 7.46. The molecule has 0 radical (unpaired) electrons. The zero-order valence-electron chi connectivity index (χ0n) is 12.5. The SMILES string of the molecule is Cc1ncc(CN(C)C(=O)C(C)Oc2ccc(F)c(F)c2)s1. The first-order chi connectivity index (χ1) is 10.4. The summed E-state index contributed by atoms with van der Waals surface area (Å²) in [4.78, 5) is 18.8. The summed E-state index contributed by atoms with van der Waals surface area (Å²) >= 11 is 1.52. The van der Waals surface area contributed by atoms with Gasteiger partial charge in [-0.05, 0) is 26.0 Å². The largest absolute Gasteiger partial charge is 0.481 e. The minimum absolute atomic E-state index is 0.113. The maximum atomic E-state index is 13.1. The van der Waals surface area contributed by atoms with Gasteiger partial charge in [0.15, 0.2) is 17.7 Å². The minimum Gasteiger partial charge on any atom is -0.481 e. The lowest BCUT2D eigenvalue weighted by molar-refractivity contribution is -0.137. The number of carbonyl (C=O) groups excluding carboxylic acids is 1. The van der Waals surface area contributed by atoms with Crippen LogP contribution in [0.2, 0.25) is 0 Å². The third-order valence-electron chi connectivity index (χ3n) is 2.99. The highest BCUT2D eigenvalue weighted by Crippen LogP contribution is 2.18. The van der Waals surface area contributed by atoms with Gasteiger partial charge in [-0.1, -0.05) is 0 Å². The van der Waals surface area contributed by atoms with Crippen molar-refractivity contribution in [1.29, 1.82) is 0 Å². The Balaban J connectivity index is 1.97. The van der Waals surface area contributed by atoms with Crippen LogP contribution in [0.4, 0.5) is 8.78 Å². The number of hydrogen-bond acceptors (Lipinski definition) is 4. The van der Waals surface area contributed by atoms with Crippen LogP contribution in [0, 0.1) is 18.6 Å². The van der Waals surface area contributed by atoms with Crippen LogP contribution in [-0.2, 0) is 11.3 Å². The molecule has 4 nitrogen and oxygen atoms in total. The molecule has 0 aliphatic heterocycles. The molecule has 1 unspecified atom stereocenters. The van der Waals surface area contributed by atoms with Crippen molar-refractivity contribution in [3.05, 3.63) is 45.9 Å². The van der Waals surface area contributed by atoms with Gasteiger partial charge in [0.25, 0.3) is 5.91 Å². The Morgan fingerprint density at radius 1 is 1.41 bits per heavy atom. The number of aromatic nitrogens is 1. The number of rotatable bonds is 5. The fourth-order valence-corrected chi connectivity index (χ4v) is 2.75. The molecule has 1 heterocycles. The van der Waals surface area contributed by atoms with E-state index in [1.54, 1.807) is 20.2 Å². The molecule has 118 valence electrons. The number of benzene rings is 1. The maximum absolute atomic E-state index is 13.1. The quantitative estimate of drug-likeness (QED) is 0.848. The van der Waals surface area contributed by atoms with Gasteiger partial charge in [-0.3, -0.25) is 4.79 Å². The molecule has 0 spiro atoms. The molecular weight excluding hydrogens is 310 g/mol. The summed E-state index contributed by atoms with van der Waals surface area (Å²) in [6, 6.07) is 3.17. The van der Waals surface area contributed by atoms with Gasteiger partial charge in [0, 0.05) is 24.2 Å². The summed E-state index contributed by atoms with van der Waals surface area (Å²) in [5, 5.41) is 0.932. The molecule has 0 saturated carbocycles. The van der Waals surface area contributed by atoms with Gasteiger partial charge in [0.1, 0.15) is 5.75 Å². The molecule has 2 rings (SSSR count). The highest BCUT2D eigenvalue weighted by atomic mass is 32.1. The van der Waals surface area contributed by atoms with Gasteiger partial charge in [0.2, 0.25) is 0 Å². The summed E-state index contributed by atoms with van der Waals surface area (Å²) in [7, 11) is 1.66. The Bertz CT molecular complexity index is 675. The fraction of sp³-hybridized carbons (Fsp3) is 0.333. The molecule has 1 aromatic carbocycles. The predicted octanol–water partition coefficient (Wildman–Crippen LogP) is 3.16. The van der Waals surface area contributed by atoms with E-state index in [1.807, 2.05) is 6.92 Å². The minimum atomic E-state index is -1.01. The Kier molecular flexibility index (Phi) is 5.07. The van der Waals surface area contributed by atoms with Gasteiger partial charge < -0.3 is 9.64 Å². The van der Waals surface area contributed by atoms with Crippen LogP contribution in [0.3, 0.4) is 0 Å². The number of carbonyl (C=O) groups is 1. The molecule has 7 heteroatoms. The number of likely N-dealkylation sites (N-methyl/N-ethyl adjacent to an activating group) is 1. The van der Waals surface area contributed by atoms with Gasteiger partial charge in [-0.2, -0.15) is 0 Å². The Hall–Kier alpha value is -2.02. The van der Waals surface area contributed by atoms with Crippen molar-refractivity contribution in [2.45, 2.75) is 26.5 Å². The zero-order chi connectivity index (χ0) is 16.3. The Labute approximate surface area is 131 Å². The molecule has 1 aromatic heterocycles. The average Bonchev–Trinajstić information content (AvgIpc) is 2.87. The molecule has 0 fully saturated rings. The van der Waals surface area contributed by atoms with Gasteiger partial charge in [0.05, 0.1) is 11.6 Å². The number of hydrogen-bond donors (Lipinski definition) is 0. The van der Waals surface area contributed by atoms with Crippen molar-refractivity contribution in [3.63, 3.8) is 0 Å². The van der Waals surface area contributed by atoms with Crippen molar-refractivity contribution < 1.29 is 18.3 Å². The normalized spacial score (nSPS) is 12.0. The van der Waals surface area contributed by atoms with Crippen LogP contribution < -0.4 is 4.74 Å². The predicted molar refractivity (Wildman–Crippen MR) is 79.8 cm³/mol. The standard InChI is InChI=1S/C15H16F2N2O2S/c1-9(21-11-4-5-13(16)14(17)6-11)15(20)19(3)8-12-7-18-10(2)22-12/h4-7,9H,8H2,1-3H3. The van der Waals surface area contributed by atoms with E-state index in [-0.39, 0.29) is 11.7 Å². The summed E-state index contributed by atoms with van der Waals surface area (Å²) in [6.45, 7) is 3.89. The fourth-order valence-electron chi connectivity index (χ4n) is 1.91. The molecule has 0 bridgehead atoms. The summed E-state index contributed by atoms with van der Waals surface area (Å²) in [5.41, 5.74) is 0. The van der Waals surface area contributed by atoms with Crippen molar-refractivity contribution in [1.82, 2.24) is 9.88 Å². The second-order valence-corrected chi connectivity index (χ2v) is 6.20. The van der Waals surface area contributed by atoms with Crippen LogP contribution in [0.1, 0.15) is 16.8 Å². The number of nitrogens with zero attached hydrogens (tertiary/aromatic N) is 2. The molecule has 0 aliphatic carbocycles. The Morgan fingerprint density at radius 3 is 2.73 bits per heavy atom. The van der Waals surface area contributed by atoms with Crippen LogP contribution in [0.5, 0.6) is 5.75 Å². The second-order valence-electron chi connectivity index (χ2n) is 4.88. The second kappa shape index (κ2) is 6.83. The van der Waals surface area contributed by atoms with Crippen LogP contribution in [0.25, 0.3) is 0 Å². The smallest absolute Gasteiger partial charge is 0.263 e. The van der Waals surface area contributed by atoms with Gasteiger partial charge in [-0.25, -0.2) is 13.8 Å². The zero-order valence-corrected chi connectivity index (χ0v) is 13.3. The Morgan fingerprint density at radius 2 is 2.14 bits per heavy atom. The van der Waals surface area contributed by atoms with E-state index in [2.05, 4.69) is 4.98 Å². The lowest BCUT2D eigenvalue weighted by Gasteiger charge is -2.21. The van der Waals surface area contributed by atoms with Crippen LogP contribution >= 0.6 is 11.3 Å². The molecule has 0 N–H and O–H groups in total. The molecule has 0 aliphatic rings. The van der Waals surface area contributed by atoms with Crippen LogP contribution in [-0.4, -0.2) is 28.9 Å². The third-order valence-corrected chi connectivity index (χ3v) is 3.89. The lowest BCUT2D eigenvalue weighted by Crippen LogP contribution is -2.37. The third kappa shape index (κ3) is 4.00. The number of ether oxygens (including phenoxy) is 1. The number of amides is 1. The molecule has 2 aromatic rings. The van der Waals surface area contributed by atoms with E-state index in [4.69, 9.17) is 4.74 Å². The topological polar surface area (TPSA) is 42.4 Å². The number of halogens is 2. The summed E-state index contributed by atoms with van der Waals surface area (Å²) in [6.07, 6.45) is 0.925. The van der Waals surface area contributed by atoms with Crippen molar-refractivity contribution in [2.75, 3.05) is 7.05 Å². The highest BCUT2D eigenvalue weighted by Gasteiger charge is 2.20. The molecule has 1 atom stereocenters. The van der Waals surface area contributed by atoms with E-state index in [0.717, 1.165) is 22.0 Å². The van der Waals surface area contributed by atoms with E-state index in [1.165, 1.54) is 22.3 Å².